The second kappa shape index (κ2) is 11.5. The van der Waals surface area contributed by atoms with Gasteiger partial charge in [-0.2, -0.15) is 17.4 Å². The van der Waals surface area contributed by atoms with Crippen LogP contribution < -0.4 is 14.8 Å². The van der Waals surface area contributed by atoms with Gasteiger partial charge in [0.25, 0.3) is 16.1 Å². The maximum Gasteiger partial charge on any atom is 0.279 e. The molecule has 1 heterocycles. The van der Waals surface area contributed by atoms with Crippen LogP contribution in [0.25, 0.3) is 0 Å². The molecule has 1 aliphatic carbocycles. The van der Waals surface area contributed by atoms with Crippen molar-refractivity contribution < 1.29 is 23.1 Å². The summed E-state index contributed by atoms with van der Waals surface area (Å²) in [4.78, 5) is 13.2. The molecular formula is C26H35N3O5S. The molecule has 1 amide bonds. The fourth-order valence-electron chi connectivity index (χ4n) is 5.18. The Bertz CT molecular complexity index is 1090. The van der Waals surface area contributed by atoms with Gasteiger partial charge in [-0.15, -0.1) is 0 Å². The molecule has 0 bridgehead atoms. The van der Waals surface area contributed by atoms with E-state index in [4.69, 9.17) is 4.74 Å². The molecule has 1 saturated carbocycles. The minimum absolute atomic E-state index is 0.149. The van der Waals surface area contributed by atoms with Gasteiger partial charge >= 0.3 is 0 Å². The topological polar surface area (TPSA) is 108 Å². The Morgan fingerprint density at radius 3 is 2.40 bits per heavy atom. The molecule has 35 heavy (non-hydrogen) atoms. The highest BCUT2D eigenvalue weighted by Crippen LogP contribution is 2.35. The molecule has 2 fully saturated rings. The van der Waals surface area contributed by atoms with Crippen LogP contribution in [0.15, 0.2) is 54.6 Å². The van der Waals surface area contributed by atoms with Gasteiger partial charge in [0.1, 0.15) is 5.75 Å². The van der Waals surface area contributed by atoms with Crippen molar-refractivity contribution in [3.05, 3.63) is 65.7 Å². The molecule has 2 aliphatic rings. The van der Waals surface area contributed by atoms with Gasteiger partial charge in [0.05, 0.1) is 24.8 Å². The van der Waals surface area contributed by atoms with Crippen molar-refractivity contribution in [1.29, 1.82) is 0 Å². The quantitative estimate of drug-likeness (QED) is 0.515. The molecule has 1 saturated heterocycles. The lowest BCUT2D eigenvalue weighted by molar-refractivity contribution is 0.0906. The molecule has 2 atom stereocenters. The van der Waals surface area contributed by atoms with Gasteiger partial charge in [0, 0.05) is 19.1 Å². The number of nitrogens with one attached hydrogen (secondary N) is 2. The van der Waals surface area contributed by atoms with Crippen molar-refractivity contribution in [2.45, 2.75) is 56.7 Å². The Balaban J connectivity index is 1.43. The summed E-state index contributed by atoms with van der Waals surface area (Å²) in [7, 11) is -2.08. The lowest BCUT2D eigenvalue weighted by atomic mass is 9.79. The Kier molecular flexibility index (Phi) is 8.43. The zero-order chi connectivity index (χ0) is 24.8. The minimum atomic E-state index is -3.63. The monoisotopic (exact) mass is 501 g/mol. The maximum atomic E-state index is 13.2. The van der Waals surface area contributed by atoms with Crippen molar-refractivity contribution in [1.82, 2.24) is 14.3 Å². The number of hydrogen-bond acceptors (Lipinski definition) is 5. The number of aliphatic hydroxyl groups excluding tert-OH is 1. The first-order valence-electron chi connectivity index (χ1n) is 12.3. The summed E-state index contributed by atoms with van der Waals surface area (Å²) in [5, 5.41) is 13.1. The Morgan fingerprint density at radius 2 is 1.71 bits per heavy atom. The third-order valence-electron chi connectivity index (χ3n) is 7.05. The van der Waals surface area contributed by atoms with E-state index >= 15 is 0 Å². The van der Waals surface area contributed by atoms with Gasteiger partial charge in [0.15, 0.2) is 0 Å². The van der Waals surface area contributed by atoms with E-state index in [1.54, 1.807) is 19.2 Å². The third-order valence-corrected chi connectivity index (χ3v) is 8.70. The van der Waals surface area contributed by atoms with Gasteiger partial charge in [-0.3, -0.25) is 4.79 Å². The number of nitrogens with zero attached hydrogens (tertiary/aromatic N) is 1. The van der Waals surface area contributed by atoms with Crippen LogP contribution in [0.3, 0.4) is 0 Å². The lowest BCUT2D eigenvalue weighted by Crippen LogP contribution is -2.51. The molecule has 2 unspecified atom stereocenters. The predicted octanol–water partition coefficient (Wildman–Crippen LogP) is 3.02. The largest absolute Gasteiger partial charge is 0.496 e. The van der Waals surface area contributed by atoms with Crippen LogP contribution in [0.2, 0.25) is 0 Å². The Morgan fingerprint density at radius 1 is 1.03 bits per heavy atom. The molecular weight excluding hydrogens is 466 g/mol. The predicted molar refractivity (Wildman–Crippen MR) is 134 cm³/mol. The lowest BCUT2D eigenvalue weighted by Gasteiger charge is -2.36. The Labute approximate surface area is 207 Å². The van der Waals surface area contributed by atoms with E-state index in [1.165, 1.54) is 4.31 Å². The number of aliphatic hydroxyl groups is 1. The zero-order valence-electron chi connectivity index (χ0n) is 20.1. The molecule has 190 valence electrons. The number of amides is 1. The summed E-state index contributed by atoms with van der Waals surface area (Å²) in [5.74, 6) is 0.508. The van der Waals surface area contributed by atoms with Crippen LogP contribution >= 0.6 is 0 Å². The molecule has 1 aliphatic heterocycles. The summed E-state index contributed by atoms with van der Waals surface area (Å²) in [6.45, 7) is 0.586. The van der Waals surface area contributed by atoms with Gasteiger partial charge < -0.3 is 15.2 Å². The molecule has 0 radical (unpaired) electrons. The smallest absolute Gasteiger partial charge is 0.279 e. The second-order valence-corrected chi connectivity index (χ2v) is 11.2. The molecule has 9 heteroatoms. The highest BCUT2D eigenvalue weighted by molar-refractivity contribution is 7.87. The van der Waals surface area contributed by atoms with Gasteiger partial charge in [-0.1, -0.05) is 42.5 Å². The van der Waals surface area contributed by atoms with Crippen LogP contribution in [0.1, 0.15) is 60.5 Å². The zero-order valence-corrected chi connectivity index (χ0v) is 20.9. The average Bonchev–Trinajstić information content (AvgIpc) is 2.88. The van der Waals surface area contributed by atoms with Crippen LogP contribution in [0.4, 0.5) is 0 Å². The summed E-state index contributed by atoms with van der Waals surface area (Å²) >= 11 is 0. The van der Waals surface area contributed by atoms with Gasteiger partial charge in [-0.05, 0) is 62.1 Å². The van der Waals surface area contributed by atoms with E-state index < -0.39 is 16.3 Å². The maximum absolute atomic E-state index is 13.2. The summed E-state index contributed by atoms with van der Waals surface area (Å²) < 4.78 is 35.2. The first-order valence-corrected chi connectivity index (χ1v) is 13.8. The van der Waals surface area contributed by atoms with Crippen LogP contribution in [-0.2, 0) is 10.2 Å². The number of ether oxygens (including phenoxy) is 1. The van der Waals surface area contributed by atoms with Crippen molar-refractivity contribution in [3.63, 3.8) is 0 Å². The van der Waals surface area contributed by atoms with Crippen molar-refractivity contribution in [2.24, 2.45) is 5.92 Å². The van der Waals surface area contributed by atoms with E-state index in [2.05, 4.69) is 10.0 Å². The normalized spacial score (nSPS) is 24.5. The molecule has 2 aromatic carbocycles. The number of β-amino-alcohol motifs (C(OH)–C–C–N with tert-alkyl or cyclic N) is 1. The summed E-state index contributed by atoms with van der Waals surface area (Å²) in [6, 6.07) is 16.7. The van der Waals surface area contributed by atoms with E-state index in [0.29, 0.717) is 43.5 Å². The first-order chi connectivity index (χ1) is 16.9. The van der Waals surface area contributed by atoms with Crippen molar-refractivity contribution >= 4 is 16.1 Å². The fraction of sp³-hybridized carbons (Fsp3) is 0.500. The van der Waals surface area contributed by atoms with E-state index in [9.17, 15) is 18.3 Å². The molecule has 4 rings (SSSR count). The van der Waals surface area contributed by atoms with Crippen LogP contribution in [0, 0.1) is 5.92 Å². The van der Waals surface area contributed by atoms with Crippen molar-refractivity contribution in [2.75, 3.05) is 20.2 Å². The molecule has 0 spiro atoms. The standard InChI is InChI=1S/C26H35N3O5S/c1-34-24-12-6-5-11-23(24)26(31)27-25(19-8-3-2-4-9-19)20-13-15-21(16-14-20)28-35(32,33)29-17-7-10-22(30)18-29/h2-6,8-9,11-12,20-22,25,28,30H,7,10,13-18H2,1H3,(H,27,31). The number of para-hydroxylation sites is 1. The number of hydrogen-bond donors (Lipinski definition) is 3. The van der Waals surface area contributed by atoms with Crippen LogP contribution in [-0.4, -0.2) is 56.1 Å². The molecule has 3 N–H and O–H groups in total. The third kappa shape index (κ3) is 6.41. The van der Waals surface area contributed by atoms with Crippen molar-refractivity contribution in [3.8, 4) is 5.75 Å². The average molecular weight is 502 g/mol. The van der Waals surface area contributed by atoms with E-state index in [1.807, 2.05) is 42.5 Å². The first kappa shape index (κ1) is 25.6. The number of rotatable bonds is 8. The Hall–Kier alpha value is -2.46. The van der Waals surface area contributed by atoms with E-state index in [-0.39, 0.29) is 30.5 Å². The number of carbonyl (C=O) groups excluding carboxylic acids is 1. The minimum Gasteiger partial charge on any atom is -0.496 e. The number of benzene rings is 2. The van der Waals surface area contributed by atoms with Gasteiger partial charge in [-0.25, -0.2) is 0 Å². The highest BCUT2D eigenvalue weighted by Gasteiger charge is 2.34. The molecule has 8 nitrogen and oxygen atoms in total. The summed E-state index contributed by atoms with van der Waals surface area (Å²) in [6.07, 6.45) is 3.64. The van der Waals surface area contributed by atoms with Crippen LogP contribution in [0.5, 0.6) is 5.75 Å². The number of methoxy groups -OCH3 is 1. The molecule has 2 aromatic rings. The number of piperidine rings is 1. The van der Waals surface area contributed by atoms with E-state index in [0.717, 1.165) is 18.4 Å². The molecule has 0 aromatic heterocycles. The fourth-order valence-corrected chi connectivity index (χ4v) is 6.72. The summed E-state index contributed by atoms with van der Waals surface area (Å²) in [5.41, 5.74) is 1.52. The second-order valence-electron chi connectivity index (χ2n) is 9.45. The highest BCUT2D eigenvalue weighted by atomic mass is 32.2. The van der Waals surface area contributed by atoms with Gasteiger partial charge in [0.2, 0.25) is 0 Å². The number of carbonyl (C=O) groups is 1. The SMILES string of the molecule is COc1ccccc1C(=O)NC(c1ccccc1)C1CCC(NS(=O)(=O)N2CCCC(O)C2)CC1.